The lowest BCUT2D eigenvalue weighted by atomic mass is 9.71. The van der Waals surface area contributed by atoms with Gasteiger partial charge in [0.05, 0.1) is 0 Å². The summed E-state index contributed by atoms with van der Waals surface area (Å²) in [6.07, 6.45) is 4.54. The van der Waals surface area contributed by atoms with E-state index < -0.39 is 0 Å². The highest BCUT2D eigenvalue weighted by Gasteiger charge is 2.32. The van der Waals surface area contributed by atoms with Gasteiger partial charge >= 0.3 is 0 Å². The van der Waals surface area contributed by atoms with Crippen LogP contribution in [0.5, 0.6) is 0 Å². The first-order chi connectivity index (χ1) is 6.66. The molecule has 0 aromatic carbocycles. The van der Waals surface area contributed by atoms with Crippen molar-refractivity contribution in [1.82, 2.24) is 0 Å². The Bertz CT molecular complexity index is 130. The minimum atomic E-state index is 0.0754. The smallest absolute Gasteiger partial charge is 0.0494 e. The Balaban J connectivity index is 4.33. The Morgan fingerprint density at radius 2 is 2.00 bits per heavy atom. The van der Waals surface area contributed by atoms with Crippen LogP contribution in [0.4, 0.5) is 0 Å². The number of rotatable bonds is 8. The summed E-state index contributed by atoms with van der Waals surface area (Å²) in [5.74, 6) is 0.439. The highest BCUT2D eigenvalue weighted by atomic mass is 16.5. The number of methoxy groups -OCH3 is 1. The van der Waals surface area contributed by atoms with Gasteiger partial charge in [0.1, 0.15) is 0 Å². The molecule has 0 saturated heterocycles. The van der Waals surface area contributed by atoms with Crippen molar-refractivity contribution in [3.63, 3.8) is 0 Å². The minimum absolute atomic E-state index is 0.0754. The zero-order chi connectivity index (χ0) is 11.0. The molecular formula is C12H26O2. The molecule has 0 aliphatic carbocycles. The topological polar surface area (TPSA) is 29.5 Å². The molecule has 1 N–H and O–H groups in total. The molecule has 86 valence electrons. The fourth-order valence-corrected chi connectivity index (χ4v) is 2.07. The summed E-state index contributed by atoms with van der Waals surface area (Å²) in [5, 5.41) is 9.54. The number of hydrogen-bond acceptors (Lipinski definition) is 2. The molecule has 0 amide bonds. The van der Waals surface area contributed by atoms with Crippen molar-refractivity contribution in [2.24, 2.45) is 11.3 Å². The van der Waals surface area contributed by atoms with Crippen LogP contribution < -0.4 is 0 Å². The highest BCUT2D eigenvalue weighted by molar-refractivity contribution is 4.82. The molecule has 2 heteroatoms. The van der Waals surface area contributed by atoms with Gasteiger partial charge in [0.25, 0.3) is 0 Å². The van der Waals surface area contributed by atoms with Crippen molar-refractivity contribution in [2.75, 3.05) is 20.3 Å². The molecule has 0 fully saturated rings. The Hall–Kier alpha value is -0.0800. The van der Waals surface area contributed by atoms with E-state index in [-0.39, 0.29) is 12.0 Å². The first-order valence-corrected chi connectivity index (χ1v) is 5.76. The zero-order valence-corrected chi connectivity index (χ0v) is 10.2. The molecular weight excluding hydrogens is 176 g/mol. The van der Waals surface area contributed by atoms with Crippen LogP contribution in [0.3, 0.4) is 0 Å². The zero-order valence-electron chi connectivity index (χ0n) is 10.2. The summed E-state index contributed by atoms with van der Waals surface area (Å²) in [5.41, 5.74) is 0.0754. The summed E-state index contributed by atoms with van der Waals surface area (Å²) in [4.78, 5) is 0. The molecule has 0 saturated carbocycles. The van der Waals surface area contributed by atoms with Crippen LogP contribution in [0.2, 0.25) is 0 Å². The normalized spacial score (nSPS) is 17.8. The fraction of sp³-hybridized carbons (Fsp3) is 1.00. The molecule has 0 bridgehead atoms. The second-order valence-electron chi connectivity index (χ2n) is 4.33. The molecule has 14 heavy (non-hydrogen) atoms. The average molecular weight is 202 g/mol. The van der Waals surface area contributed by atoms with Crippen LogP contribution in [0.25, 0.3) is 0 Å². The van der Waals surface area contributed by atoms with E-state index in [2.05, 4.69) is 20.8 Å². The number of unbranched alkanes of at least 4 members (excludes halogenated alkanes) is 1. The molecule has 0 aliphatic heterocycles. The number of aliphatic hydroxyl groups excluding tert-OH is 1. The Kier molecular flexibility index (Phi) is 7.20. The molecule has 0 radical (unpaired) electrons. The second kappa shape index (κ2) is 7.24. The number of ether oxygens (including phenoxy) is 1. The van der Waals surface area contributed by atoms with Crippen LogP contribution in [0.1, 0.15) is 46.5 Å². The van der Waals surface area contributed by atoms with Crippen molar-refractivity contribution >= 4 is 0 Å². The summed E-state index contributed by atoms with van der Waals surface area (Å²) >= 11 is 0. The SMILES string of the molecule is CCCCC(CC)(CO)C(C)COC. The highest BCUT2D eigenvalue weighted by Crippen LogP contribution is 2.36. The van der Waals surface area contributed by atoms with Gasteiger partial charge in [-0.05, 0) is 24.2 Å². The summed E-state index contributed by atoms with van der Waals surface area (Å²) in [7, 11) is 1.73. The summed E-state index contributed by atoms with van der Waals surface area (Å²) in [6.45, 7) is 7.57. The minimum Gasteiger partial charge on any atom is -0.396 e. The first-order valence-electron chi connectivity index (χ1n) is 5.76. The van der Waals surface area contributed by atoms with Crippen molar-refractivity contribution in [3.8, 4) is 0 Å². The molecule has 0 aliphatic rings. The van der Waals surface area contributed by atoms with Gasteiger partial charge in [-0.3, -0.25) is 0 Å². The third kappa shape index (κ3) is 3.58. The molecule has 0 aromatic heterocycles. The number of aliphatic hydroxyl groups is 1. The van der Waals surface area contributed by atoms with Crippen molar-refractivity contribution in [2.45, 2.75) is 46.5 Å². The molecule has 0 heterocycles. The van der Waals surface area contributed by atoms with Crippen LogP contribution in [-0.2, 0) is 4.74 Å². The van der Waals surface area contributed by atoms with E-state index in [1.54, 1.807) is 7.11 Å². The maximum absolute atomic E-state index is 9.54. The van der Waals surface area contributed by atoms with E-state index in [9.17, 15) is 5.11 Å². The molecule has 0 spiro atoms. The Morgan fingerprint density at radius 3 is 2.36 bits per heavy atom. The van der Waals surface area contributed by atoms with Crippen molar-refractivity contribution in [1.29, 1.82) is 0 Å². The maximum atomic E-state index is 9.54. The molecule has 0 aromatic rings. The van der Waals surface area contributed by atoms with E-state index in [0.717, 1.165) is 19.4 Å². The third-order valence-electron chi connectivity index (χ3n) is 3.51. The van der Waals surface area contributed by atoms with Crippen LogP contribution >= 0.6 is 0 Å². The van der Waals surface area contributed by atoms with Gasteiger partial charge in [0.2, 0.25) is 0 Å². The second-order valence-corrected chi connectivity index (χ2v) is 4.33. The lowest BCUT2D eigenvalue weighted by molar-refractivity contribution is 0.0107. The largest absolute Gasteiger partial charge is 0.396 e. The lowest BCUT2D eigenvalue weighted by Crippen LogP contribution is -2.34. The van der Waals surface area contributed by atoms with Gasteiger partial charge in [0.15, 0.2) is 0 Å². The van der Waals surface area contributed by atoms with Crippen LogP contribution in [0.15, 0.2) is 0 Å². The Labute approximate surface area is 88.7 Å². The van der Waals surface area contributed by atoms with Crippen molar-refractivity contribution < 1.29 is 9.84 Å². The van der Waals surface area contributed by atoms with Gasteiger partial charge in [-0.15, -0.1) is 0 Å². The predicted octanol–water partition coefficient (Wildman–Crippen LogP) is 2.85. The van der Waals surface area contributed by atoms with E-state index in [0.29, 0.717) is 5.92 Å². The Morgan fingerprint density at radius 1 is 1.36 bits per heavy atom. The standard InChI is InChI=1S/C12H26O2/c1-5-7-8-12(6-2,10-13)11(3)9-14-4/h11,13H,5-10H2,1-4H3. The van der Waals surface area contributed by atoms with Crippen LogP contribution in [0, 0.1) is 11.3 Å². The van der Waals surface area contributed by atoms with Gasteiger partial charge < -0.3 is 9.84 Å². The summed E-state index contributed by atoms with van der Waals surface area (Å²) in [6, 6.07) is 0. The van der Waals surface area contributed by atoms with Crippen molar-refractivity contribution in [3.05, 3.63) is 0 Å². The van der Waals surface area contributed by atoms with E-state index in [4.69, 9.17) is 4.74 Å². The van der Waals surface area contributed by atoms with E-state index >= 15 is 0 Å². The van der Waals surface area contributed by atoms with E-state index in [1.165, 1.54) is 12.8 Å². The molecule has 2 nitrogen and oxygen atoms in total. The monoisotopic (exact) mass is 202 g/mol. The van der Waals surface area contributed by atoms with Gasteiger partial charge in [0, 0.05) is 20.3 Å². The third-order valence-corrected chi connectivity index (χ3v) is 3.51. The van der Waals surface area contributed by atoms with Gasteiger partial charge in [-0.25, -0.2) is 0 Å². The first kappa shape index (κ1) is 13.9. The van der Waals surface area contributed by atoms with Gasteiger partial charge in [-0.1, -0.05) is 33.6 Å². The lowest BCUT2D eigenvalue weighted by Gasteiger charge is -2.36. The molecule has 0 rings (SSSR count). The fourth-order valence-electron chi connectivity index (χ4n) is 2.07. The maximum Gasteiger partial charge on any atom is 0.0494 e. The predicted molar refractivity (Wildman–Crippen MR) is 60.4 cm³/mol. The molecule has 2 unspecified atom stereocenters. The summed E-state index contributed by atoms with van der Waals surface area (Å²) < 4.78 is 5.18. The number of hydrogen-bond donors (Lipinski definition) is 1. The molecule has 2 atom stereocenters. The average Bonchev–Trinajstić information content (AvgIpc) is 2.21. The van der Waals surface area contributed by atoms with E-state index in [1.807, 2.05) is 0 Å². The quantitative estimate of drug-likeness (QED) is 0.656. The van der Waals surface area contributed by atoms with Gasteiger partial charge in [-0.2, -0.15) is 0 Å². The van der Waals surface area contributed by atoms with Crippen LogP contribution in [-0.4, -0.2) is 25.4 Å².